The van der Waals surface area contributed by atoms with Crippen LogP contribution < -0.4 is 4.90 Å². The second kappa shape index (κ2) is 5.58. The number of hydrogen-bond donors (Lipinski definition) is 1. The summed E-state index contributed by atoms with van der Waals surface area (Å²) >= 11 is 1.50. The molecule has 1 aromatic carbocycles. The monoisotopic (exact) mass is 289 g/mol. The van der Waals surface area contributed by atoms with Crippen LogP contribution in [0, 0.1) is 5.92 Å². The van der Waals surface area contributed by atoms with Gasteiger partial charge in [-0.05, 0) is 25.0 Å². The Morgan fingerprint density at radius 1 is 1.45 bits per heavy atom. The van der Waals surface area contributed by atoms with E-state index in [2.05, 4.69) is 21.2 Å². The van der Waals surface area contributed by atoms with E-state index in [1.807, 2.05) is 18.2 Å². The third-order valence-electron chi connectivity index (χ3n) is 3.59. The molecule has 0 aliphatic carbocycles. The number of carbonyl (C=O) groups is 1. The lowest BCUT2D eigenvalue weighted by molar-refractivity contribution is -0.141. The molecule has 0 bridgehead atoms. The zero-order chi connectivity index (χ0) is 13.9. The Balaban J connectivity index is 1.83. The molecule has 1 unspecified atom stereocenters. The minimum atomic E-state index is -0.699. The van der Waals surface area contributed by atoms with E-state index in [-0.39, 0.29) is 5.92 Å². The predicted molar refractivity (Wildman–Crippen MR) is 77.9 cm³/mol. The van der Waals surface area contributed by atoms with Crippen LogP contribution in [0.2, 0.25) is 0 Å². The number of aliphatic carboxylic acids is 1. The second-order valence-corrected chi connectivity index (χ2v) is 5.75. The topological polar surface area (TPSA) is 66.3 Å². The van der Waals surface area contributed by atoms with E-state index >= 15 is 0 Å². The van der Waals surface area contributed by atoms with Crippen LogP contribution in [-0.2, 0) is 4.79 Å². The normalized spacial score (nSPS) is 19.0. The fraction of sp³-hybridized carbons (Fsp3) is 0.357. The molecule has 1 saturated heterocycles. The molecule has 1 N–H and O–H groups in total. The predicted octanol–water partition coefficient (Wildman–Crippen LogP) is 2.51. The molecule has 3 rings (SSSR count). The van der Waals surface area contributed by atoms with E-state index < -0.39 is 5.97 Å². The number of benzene rings is 1. The van der Waals surface area contributed by atoms with Crippen molar-refractivity contribution in [1.29, 1.82) is 0 Å². The standard InChI is InChI=1S/C14H15N3O2S/c18-14(19)11-4-2-6-17(8-11)12-5-1-3-10(7-12)13-16-15-9-20-13/h1,3,5,7,9,11H,2,4,6,8H2,(H,18,19). The molecule has 20 heavy (non-hydrogen) atoms. The Bertz CT molecular complexity index is 600. The maximum absolute atomic E-state index is 11.1. The number of piperidine rings is 1. The van der Waals surface area contributed by atoms with Gasteiger partial charge in [0.1, 0.15) is 10.5 Å². The Hall–Kier alpha value is -1.95. The van der Waals surface area contributed by atoms with Crippen LogP contribution in [0.25, 0.3) is 10.6 Å². The summed E-state index contributed by atoms with van der Waals surface area (Å²) in [7, 11) is 0. The number of rotatable bonds is 3. The lowest BCUT2D eigenvalue weighted by Crippen LogP contribution is -2.38. The van der Waals surface area contributed by atoms with Gasteiger partial charge in [-0.1, -0.05) is 23.5 Å². The molecule has 2 aromatic rings. The van der Waals surface area contributed by atoms with Crippen molar-refractivity contribution in [3.63, 3.8) is 0 Å². The summed E-state index contributed by atoms with van der Waals surface area (Å²) < 4.78 is 0. The van der Waals surface area contributed by atoms with E-state index in [9.17, 15) is 4.79 Å². The highest BCUT2D eigenvalue weighted by Crippen LogP contribution is 2.28. The van der Waals surface area contributed by atoms with E-state index in [0.717, 1.165) is 35.6 Å². The van der Waals surface area contributed by atoms with Crippen LogP contribution in [0.15, 0.2) is 29.8 Å². The molecule has 104 valence electrons. The lowest BCUT2D eigenvalue weighted by atomic mass is 9.97. The Kier molecular flexibility index (Phi) is 3.64. The fourth-order valence-electron chi connectivity index (χ4n) is 2.55. The molecule has 6 heteroatoms. The van der Waals surface area contributed by atoms with Gasteiger partial charge >= 0.3 is 5.97 Å². The first-order valence-corrected chi connectivity index (χ1v) is 7.46. The molecule has 0 spiro atoms. The number of anilines is 1. The molecule has 1 fully saturated rings. The van der Waals surface area contributed by atoms with Crippen molar-refractivity contribution in [2.45, 2.75) is 12.8 Å². The molecule has 0 amide bonds. The highest BCUT2D eigenvalue weighted by Gasteiger charge is 2.25. The van der Waals surface area contributed by atoms with E-state index in [4.69, 9.17) is 5.11 Å². The van der Waals surface area contributed by atoms with Crippen molar-refractivity contribution in [2.24, 2.45) is 5.92 Å². The summed E-state index contributed by atoms with van der Waals surface area (Å²) in [5, 5.41) is 18.0. The van der Waals surface area contributed by atoms with Gasteiger partial charge in [-0.2, -0.15) is 0 Å². The minimum absolute atomic E-state index is 0.270. The Labute approximate surface area is 120 Å². The molecule has 1 aliphatic heterocycles. The van der Waals surface area contributed by atoms with E-state index in [1.54, 1.807) is 5.51 Å². The molecule has 1 atom stereocenters. The number of carboxylic acids is 1. The Morgan fingerprint density at radius 3 is 3.10 bits per heavy atom. The third-order valence-corrected chi connectivity index (χ3v) is 4.33. The quantitative estimate of drug-likeness (QED) is 0.940. The molecule has 1 aromatic heterocycles. The van der Waals surface area contributed by atoms with Gasteiger partial charge in [0.15, 0.2) is 0 Å². The molecule has 1 aliphatic rings. The summed E-state index contributed by atoms with van der Waals surface area (Å²) in [5.41, 5.74) is 3.80. The number of aromatic nitrogens is 2. The maximum atomic E-state index is 11.1. The van der Waals surface area contributed by atoms with Gasteiger partial charge in [-0.25, -0.2) is 0 Å². The summed E-state index contributed by atoms with van der Waals surface area (Å²) in [5.74, 6) is -0.969. The Morgan fingerprint density at radius 2 is 2.35 bits per heavy atom. The maximum Gasteiger partial charge on any atom is 0.308 e. The van der Waals surface area contributed by atoms with Gasteiger partial charge in [0.2, 0.25) is 0 Å². The van der Waals surface area contributed by atoms with Crippen molar-refractivity contribution in [2.75, 3.05) is 18.0 Å². The van der Waals surface area contributed by atoms with Crippen LogP contribution in [0.4, 0.5) is 5.69 Å². The minimum Gasteiger partial charge on any atom is -0.481 e. The molecule has 5 nitrogen and oxygen atoms in total. The highest BCUT2D eigenvalue weighted by molar-refractivity contribution is 7.12. The first-order valence-electron chi connectivity index (χ1n) is 6.58. The lowest BCUT2D eigenvalue weighted by Gasteiger charge is -2.32. The van der Waals surface area contributed by atoms with Crippen LogP contribution in [0.3, 0.4) is 0 Å². The van der Waals surface area contributed by atoms with Crippen molar-refractivity contribution in [1.82, 2.24) is 10.2 Å². The van der Waals surface area contributed by atoms with Crippen LogP contribution in [0.1, 0.15) is 12.8 Å². The van der Waals surface area contributed by atoms with Gasteiger partial charge in [-0.3, -0.25) is 4.79 Å². The summed E-state index contributed by atoms with van der Waals surface area (Å²) in [6.45, 7) is 1.48. The van der Waals surface area contributed by atoms with Gasteiger partial charge < -0.3 is 10.0 Å². The average Bonchev–Trinajstić information content (AvgIpc) is 3.02. The van der Waals surface area contributed by atoms with Gasteiger partial charge in [0, 0.05) is 24.3 Å². The zero-order valence-corrected chi connectivity index (χ0v) is 11.7. The summed E-state index contributed by atoms with van der Waals surface area (Å²) in [4.78, 5) is 13.3. The fourth-order valence-corrected chi connectivity index (χ4v) is 3.10. The smallest absolute Gasteiger partial charge is 0.308 e. The largest absolute Gasteiger partial charge is 0.481 e. The van der Waals surface area contributed by atoms with Gasteiger partial charge in [-0.15, -0.1) is 10.2 Å². The number of nitrogens with zero attached hydrogens (tertiary/aromatic N) is 3. The molecule has 0 saturated carbocycles. The molecular weight excluding hydrogens is 274 g/mol. The highest BCUT2D eigenvalue weighted by atomic mass is 32.1. The summed E-state index contributed by atoms with van der Waals surface area (Å²) in [6.07, 6.45) is 1.68. The SMILES string of the molecule is O=C(O)C1CCCN(c2cccc(-c3nncs3)c2)C1. The van der Waals surface area contributed by atoms with Crippen molar-refractivity contribution < 1.29 is 9.90 Å². The zero-order valence-electron chi connectivity index (χ0n) is 10.9. The first kappa shape index (κ1) is 13.1. The van der Waals surface area contributed by atoms with Crippen LogP contribution in [-0.4, -0.2) is 34.4 Å². The van der Waals surface area contributed by atoms with Crippen molar-refractivity contribution in [3.05, 3.63) is 29.8 Å². The summed E-state index contributed by atoms with van der Waals surface area (Å²) in [6, 6.07) is 8.07. The number of carboxylic acid groups (broad SMARTS) is 1. The molecular formula is C14H15N3O2S. The van der Waals surface area contributed by atoms with E-state index in [0.29, 0.717) is 6.54 Å². The second-order valence-electron chi connectivity index (χ2n) is 4.92. The van der Waals surface area contributed by atoms with Crippen LogP contribution in [0.5, 0.6) is 0 Å². The number of hydrogen-bond acceptors (Lipinski definition) is 5. The molecule has 0 radical (unpaired) electrons. The van der Waals surface area contributed by atoms with Crippen molar-refractivity contribution in [3.8, 4) is 10.6 Å². The average molecular weight is 289 g/mol. The van der Waals surface area contributed by atoms with Crippen molar-refractivity contribution >= 4 is 23.0 Å². The molecule has 2 heterocycles. The third kappa shape index (κ3) is 2.65. The van der Waals surface area contributed by atoms with Gasteiger partial charge in [0.25, 0.3) is 0 Å². The van der Waals surface area contributed by atoms with E-state index in [1.165, 1.54) is 11.3 Å². The van der Waals surface area contributed by atoms with Gasteiger partial charge in [0.05, 0.1) is 5.92 Å². The van der Waals surface area contributed by atoms with Crippen LogP contribution >= 0.6 is 11.3 Å². The first-order chi connectivity index (χ1) is 9.74.